The number of hydrogen-bond donors (Lipinski definition) is 0. The van der Waals surface area contributed by atoms with Gasteiger partial charge in [-0.15, -0.1) is 16.8 Å². The molecule has 0 amide bonds. The van der Waals surface area contributed by atoms with E-state index in [0.717, 1.165) is 22.1 Å². The highest BCUT2D eigenvalue weighted by molar-refractivity contribution is 7.99. The summed E-state index contributed by atoms with van der Waals surface area (Å²) in [5.41, 5.74) is 2.53. The van der Waals surface area contributed by atoms with Crippen molar-refractivity contribution in [3.05, 3.63) is 36.9 Å². The molecule has 3 aromatic rings. The molecule has 0 aliphatic heterocycles. The van der Waals surface area contributed by atoms with Crippen molar-refractivity contribution >= 4 is 39.8 Å². The number of fused-ring (bicyclic) bond motifs is 3. The Morgan fingerprint density at radius 3 is 3.00 bits per heavy atom. The normalized spacial score (nSPS) is 11.0. The van der Waals surface area contributed by atoms with Crippen LogP contribution in [-0.2, 0) is 16.1 Å². The number of benzene rings is 1. The fourth-order valence-electron chi connectivity index (χ4n) is 2.39. The summed E-state index contributed by atoms with van der Waals surface area (Å²) in [6.45, 7) is 6.57. The topological polar surface area (TPSA) is 69.9 Å². The number of carbonyl (C=O) groups is 1. The molecule has 2 heterocycles. The molecule has 0 aliphatic carbocycles. The lowest BCUT2D eigenvalue weighted by Gasteiger charge is -2.03. The minimum absolute atomic E-state index is 0.169. The predicted molar refractivity (Wildman–Crippen MR) is 90.4 cm³/mol. The maximum Gasteiger partial charge on any atom is 0.316 e. The van der Waals surface area contributed by atoms with Gasteiger partial charge in [-0.2, -0.15) is 0 Å². The van der Waals surface area contributed by atoms with E-state index >= 15 is 0 Å². The quantitative estimate of drug-likeness (QED) is 0.394. The van der Waals surface area contributed by atoms with Crippen molar-refractivity contribution in [1.82, 2.24) is 19.7 Å². The minimum Gasteiger partial charge on any atom is -0.465 e. The van der Waals surface area contributed by atoms with Crippen LogP contribution < -0.4 is 0 Å². The van der Waals surface area contributed by atoms with Crippen LogP contribution in [0.1, 0.15) is 6.92 Å². The zero-order chi connectivity index (χ0) is 16.2. The SMILES string of the molecule is C=CCn1c2ccccc2c2nnc(SCC(=O)OCC)nc21. The summed E-state index contributed by atoms with van der Waals surface area (Å²) >= 11 is 1.22. The second-order valence-electron chi connectivity index (χ2n) is 4.78. The first-order valence-electron chi connectivity index (χ1n) is 7.25. The molecule has 118 valence electrons. The van der Waals surface area contributed by atoms with Crippen LogP contribution in [0.25, 0.3) is 22.1 Å². The van der Waals surface area contributed by atoms with Crippen LogP contribution >= 0.6 is 11.8 Å². The highest BCUT2D eigenvalue weighted by Crippen LogP contribution is 2.27. The fourth-order valence-corrected chi connectivity index (χ4v) is 2.97. The first kappa shape index (κ1) is 15.5. The van der Waals surface area contributed by atoms with Crippen molar-refractivity contribution < 1.29 is 9.53 Å². The molecule has 2 aromatic heterocycles. The van der Waals surface area contributed by atoms with Crippen molar-refractivity contribution in [2.45, 2.75) is 18.6 Å². The summed E-state index contributed by atoms with van der Waals surface area (Å²) in [5.74, 6) is -0.115. The number of para-hydroxylation sites is 1. The summed E-state index contributed by atoms with van der Waals surface area (Å²) in [5, 5.41) is 9.88. The van der Waals surface area contributed by atoms with E-state index in [4.69, 9.17) is 4.74 Å². The van der Waals surface area contributed by atoms with Gasteiger partial charge in [0.25, 0.3) is 0 Å². The highest BCUT2D eigenvalue weighted by atomic mass is 32.2. The molecule has 0 saturated heterocycles. The van der Waals surface area contributed by atoms with Gasteiger partial charge < -0.3 is 9.30 Å². The van der Waals surface area contributed by atoms with Gasteiger partial charge >= 0.3 is 5.97 Å². The molecule has 0 fully saturated rings. The van der Waals surface area contributed by atoms with Crippen LogP contribution in [0.5, 0.6) is 0 Å². The number of ether oxygens (including phenoxy) is 1. The number of esters is 1. The molecule has 0 N–H and O–H groups in total. The molecule has 0 radical (unpaired) electrons. The molecule has 0 unspecified atom stereocenters. The van der Waals surface area contributed by atoms with Gasteiger partial charge in [-0.1, -0.05) is 36.0 Å². The molecular formula is C16H16N4O2S. The van der Waals surface area contributed by atoms with Crippen LogP contribution in [0.2, 0.25) is 0 Å². The van der Waals surface area contributed by atoms with Gasteiger partial charge in [0.1, 0.15) is 5.52 Å². The lowest BCUT2D eigenvalue weighted by Crippen LogP contribution is -2.07. The monoisotopic (exact) mass is 328 g/mol. The number of rotatable bonds is 6. The van der Waals surface area contributed by atoms with Gasteiger partial charge in [0, 0.05) is 11.9 Å². The predicted octanol–water partition coefficient (Wildman–Crippen LogP) is 2.82. The zero-order valence-corrected chi connectivity index (χ0v) is 13.5. The van der Waals surface area contributed by atoms with Crippen LogP contribution in [0, 0.1) is 0 Å². The van der Waals surface area contributed by atoms with E-state index in [0.29, 0.717) is 18.3 Å². The number of allylic oxidation sites excluding steroid dienone is 1. The van der Waals surface area contributed by atoms with Crippen molar-refractivity contribution in [1.29, 1.82) is 0 Å². The lowest BCUT2D eigenvalue weighted by molar-refractivity contribution is -0.139. The molecule has 0 atom stereocenters. The van der Waals surface area contributed by atoms with Crippen molar-refractivity contribution in [3.8, 4) is 0 Å². The van der Waals surface area contributed by atoms with E-state index in [1.807, 2.05) is 34.9 Å². The van der Waals surface area contributed by atoms with Crippen LogP contribution in [0.4, 0.5) is 0 Å². The van der Waals surface area contributed by atoms with Crippen LogP contribution in [-0.4, -0.2) is 38.1 Å². The largest absolute Gasteiger partial charge is 0.465 e. The third-order valence-corrected chi connectivity index (χ3v) is 4.10. The molecule has 0 spiro atoms. The molecule has 6 nitrogen and oxygen atoms in total. The second kappa shape index (κ2) is 6.78. The van der Waals surface area contributed by atoms with Crippen LogP contribution in [0.15, 0.2) is 42.1 Å². The average Bonchev–Trinajstić information content (AvgIpc) is 2.88. The average molecular weight is 328 g/mol. The van der Waals surface area contributed by atoms with Crippen molar-refractivity contribution in [2.24, 2.45) is 0 Å². The number of nitrogens with zero attached hydrogens (tertiary/aromatic N) is 4. The van der Waals surface area contributed by atoms with Crippen molar-refractivity contribution in [2.75, 3.05) is 12.4 Å². The minimum atomic E-state index is -0.284. The number of hydrogen-bond acceptors (Lipinski definition) is 6. The lowest BCUT2D eigenvalue weighted by atomic mass is 10.2. The van der Waals surface area contributed by atoms with E-state index in [2.05, 4.69) is 21.8 Å². The molecular weight excluding hydrogens is 312 g/mol. The Balaban J connectivity index is 2.01. The third kappa shape index (κ3) is 3.05. The summed E-state index contributed by atoms with van der Waals surface area (Å²) in [4.78, 5) is 16.0. The number of thioether (sulfide) groups is 1. The van der Waals surface area contributed by atoms with Gasteiger partial charge in [0.05, 0.1) is 17.9 Å². The van der Waals surface area contributed by atoms with E-state index in [1.54, 1.807) is 6.92 Å². The van der Waals surface area contributed by atoms with Gasteiger partial charge in [0.15, 0.2) is 5.65 Å². The van der Waals surface area contributed by atoms with Gasteiger partial charge in [0.2, 0.25) is 5.16 Å². The van der Waals surface area contributed by atoms with Gasteiger partial charge in [-0.05, 0) is 13.0 Å². The maximum atomic E-state index is 11.5. The smallest absolute Gasteiger partial charge is 0.316 e. The number of aromatic nitrogens is 4. The molecule has 0 aliphatic rings. The van der Waals surface area contributed by atoms with E-state index < -0.39 is 0 Å². The van der Waals surface area contributed by atoms with Crippen molar-refractivity contribution in [3.63, 3.8) is 0 Å². The number of carbonyl (C=O) groups excluding carboxylic acids is 1. The second-order valence-corrected chi connectivity index (χ2v) is 5.72. The summed E-state index contributed by atoms with van der Waals surface area (Å²) < 4.78 is 6.95. The Labute approximate surface area is 137 Å². The zero-order valence-electron chi connectivity index (χ0n) is 12.7. The standard InChI is InChI=1S/C16H16N4O2S/c1-3-9-20-12-8-6-5-7-11(12)14-15(20)17-16(19-18-14)23-10-13(21)22-4-2/h3,5-8H,1,4,9-10H2,2H3. The Bertz CT molecular complexity index is 875. The van der Waals surface area contributed by atoms with E-state index in [1.165, 1.54) is 11.8 Å². The Morgan fingerprint density at radius 2 is 2.22 bits per heavy atom. The molecule has 0 saturated carbocycles. The first-order chi connectivity index (χ1) is 11.2. The molecule has 7 heteroatoms. The Kier molecular flexibility index (Phi) is 4.57. The molecule has 0 bridgehead atoms. The van der Waals surface area contributed by atoms with E-state index in [-0.39, 0.29) is 11.7 Å². The molecule has 23 heavy (non-hydrogen) atoms. The van der Waals surface area contributed by atoms with Gasteiger partial charge in [-0.3, -0.25) is 4.79 Å². The first-order valence-corrected chi connectivity index (χ1v) is 8.24. The fraction of sp³-hybridized carbons (Fsp3) is 0.250. The highest BCUT2D eigenvalue weighted by Gasteiger charge is 2.14. The van der Waals surface area contributed by atoms with E-state index in [9.17, 15) is 4.79 Å². The third-order valence-electron chi connectivity index (χ3n) is 3.29. The molecule has 3 rings (SSSR count). The molecule has 1 aromatic carbocycles. The summed E-state index contributed by atoms with van der Waals surface area (Å²) in [6, 6.07) is 7.96. The summed E-state index contributed by atoms with van der Waals surface area (Å²) in [7, 11) is 0. The Hall–Kier alpha value is -2.41. The summed E-state index contributed by atoms with van der Waals surface area (Å²) in [6.07, 6.45) is 1.82. The van der Waals surface area contributed by atoms with Gasteiger partial charge in [-0.25, -0.2) is 4.98 Å². The van der Waals surface area contributed by atoms with Crippen LogP contribution in [0.3, 0.4) is 0 Å². The maximum absolute atomic E-state index is 11.5. The Morgan fingerprint density at radius 1 is 1.39 bits per heavy atom.